The average molecular weight is 234 g/mol. The van der Waals surface area contributed by atoms with Crippen LogP contribution in [0.5, 0.6) is 0 Å². The zero-order valence-electron chi connectivity index (χ0n) is 10.8. The molecule has 0 aliphatic heterocycles. The average Bonchev–Trinajstić information content (AvgIpc) is 2.25. The lowest BCUT2D eigenvalue weighted by molar-refractivity contribution is 0.202. The van der Waals surface area contributed by atoms with Crippen molar-refractivity contribution in [3.05, 3.63) is 36.4 Å². The summed E-state index contributed by atoms with van der Waals surface area (Å²) in [7, 11) is 8.27. The molecular weight excluding hydrogens is 212 g/mol. The van der Waals surface area contributed by atoms with Crippen LogP contribution in [0, 0.1) is 0 Å². The Balaban J connectivity index is 2.80. The minimum atomic E-state index is -0.319. The summed E-state index contributed by atoms with van der Waals surface area (Å²) in [4.78, 5) is 4.60. The van der Waals surface area contributed by atoms with Gasteiger partial charge in [-0.1, -0.05) is 42.1 Å². The van der Waals surface area contributed by atoms with E-state index in [1.54, 1.807) is 0 Å². The number of benzene rings is 1. The maximum Gasteiger partial charge on any atom is 0.0922 e. The molecule has 1 aromatic carbocycles. The number of nitrogens with zero attached hydrogens (tertiary/aromatic N) is 2. The Hall–Kier alpha value is -0.903. The largest absolute Gasteiger partial charge is 0.297 e. The summed E-state index contributed by atoms with van der Waals surface area (Å²) in [6.45, 7) is 3.82. The Labute approximate surface area is 101 Å². The van der Waals surface area contributed by atoms with Crippen LogP contribution in [0.25, 0.3) is 6.08 Å². The molecule has 0 bridgehead atoms. The normalized spacial score (nSPS) is 12.2. The summed E-state index contributed by atoms with van der Waals surface area (Å²) in [6.07, 6.45) is 1.91. The molecule has 0 aliphatic carbocycles. The lowest BCUT2D eigenvalue weighted by atomic mass is 10.2. The molecule has 0 saturated carbocycles. The smallest absolute Gasteiger partial charge is 0.0922 e. The van der Waals surface area contributed by atoms with Gasteiger partial charge in [0, 0.05) is 5.79 Å². The van der Waals surface area contributed by atoms with Crippen LogP contribution in [-0.4, -0.2) is 53.3 Å². The Morgan fingerprint density at radius 1 is 1.19 bits per heavy atom. The monoisotopic (exact) mass is 234 g/mol. The molecule has 0 radical (unpaired) electrons. The molecule has 0 fully saturated rings. The van der Waals surface area contributed by atoms with Gasteiger partial charge in [0.15, 0.2) is 0 Å². The second kappa shape index (κ2) is 5.99. The van der Waals surface area contributed by atoms with Gasteiger partial charge in [-0.2, -0.15) is 0 Å². The highest BCUT2D eigenvalue weighted by atomic mass is 28.2. The predicted octanol–water partition coefficient (Wildman–Crippen LogP) is 0.530. The van der Waals surface area contributed by atoms with Crippen LogP contribution in [-0.2, 0) is 0 Å². The van der Waals surface area contributed by atoms with Crippen LogP contribution >= 0.6 is 0 Å². The van der Waals surface area contributed by atoms with Crippen molar-refractivity contribution in [1.82, 2.24) is 9.80 Å². The molecule has 1 rings (SSSR count). The summed E-state index contributed by atoms with van der Waals surface area (Å²) in [5.41, 5.74) is 1.22. The number of hydrogen-bond acceptors (Lipinski definition) is 2. The topological polar surface area (TPSA) is 6.48 Å². The van der Waals surface area contributed by atoms with Gasteiger partial charge < -0.3 is 0 Å². The molecule has 0 unspecified atom stereocenters. The van der Waals surface area contributed by atoms with E-state index in [-0.39, 0.29) is 9.52 Å². The van der Waals surface area contributed by atoms with Gasteiger partial charge in [-0.3, -0.25) is 9.80 Å². The summed E-state index contributed by atoms with van der Waals surface area (Å²) >= 11 is 0. The Morgan fingerprint density at radius 3 is 2.31 bits per heavy atom. The van der Waals surface area contributed by atoms with Crippen molar-refractivity contribution < 1.29 is 0 Å². The lowest BCUT2D eigenvalue weighted by Crippen LogP contribution is -2.48. The minimum absolute atomic E-state index is 0.319. The quantitative estimate of drug-likeness (QED) is 0.542. The lowest BCUT2D eigenvalue weighted by Gasteiger charge is -2.30. The van der Waals surface area contributed by atoms with E-state index in [1.165, 1.54) is 10.8 Å². The first-order valence-electron chi connectivity index (χ1n) is 5.59. The van der Waals surface area contributed by atoms with Crippen molar-refractivity contribution in [2.24, 2.45) is 0 Å². The first-order chi connectivity index (χ1) is 7.54. The SMILES string of the molecule is C=Cc1cccc([SiH2]C(N(C)C)N(C)C)c1. The third-order valence-electron chi connectivity index (χ3n) is 2.80. The van der Waals surface area contributed by atoms with Gasteiger partial charge in [-0.05, 0) is 33.8 Å². The van der Waals surface area contributed by atoms with E-state index in [4.69, 9.17) is 0 Å². The van der Waals surface area contributed by atoms with Crippen molar-refractivity contribution in [3.63, 3.8) is 0 Å². The minimum Gasteiger partial charge on any atom is -0.297 e. The third kappa shape index (κ3) is 3.59. The van der Waals surface area contributed by atoms with E-state index < -0.39 is 0 Å². The number of hydrogen-bond donors (Lipinski definition) is 0. The molecule has 0 atom stereocenters. The first-order valence-corrected chi connectivity index (χ1v) is 7.11. The van der Waals surface area contributed by atoms with Crippen LogP contribution in [0.4, 0.5) is 0 Å². The van der Waals surface area contributed by atoms with Crippen LogP contribution < -0.4 is 5.19 Å². The summed E-state index contributed by atoms with van der Waals surface area (Å²) < 4.78 is 0. The summed E-state index contributed by atoms with van der Waals surface area (Å²) in [5.74, 6) is 0.570. The Kier molecular flexibility index (Phi) is 4.93. The number of rotatable bonds is 5. The molecule has 16 heavy (non-hydrogen) atoms. The Bertz CT molecular complexity index is 340. The van der Waals surface area contributed by atoms with Gasteiger partial charge in [-0.15, -0.1) is 0 Å². The molecule has 2 nitrogen and oxygen atoms in total. The molecule has 0 heterocycles. The third-order valence-corrected chi connectivity index (χ3v) is 5.53. The summed E-state index contributed by atoms with van der Waals surface area (Å²) in [5, 5.41) is 1.49. The highest BCUT2D eigenvalue weighted by Crippen LogP contribution is 2.00. The fourth-order valence-corrected chi connectivity index (χ4v) is 3.66. The van der Waals surface area contributed by atoms with E-state index in [0.29, 0.717) is 5.79 Å². The van der Waals surface area contributed by atoms with Crippen molar-refractivity contribution >= 4 is 20.8 Å². The van der Waals surface area contributed by atoms with Gasteiger partial charge in [0.2, 0.25) is 0 Å². The summed E-state index contributed by atoms with van der Waals surface area (Å²) in [6, 6.07) is 8.73. The van der Waals surface area contributed by atoms with Crippen molar-refractivity contribution in [2.45, 2.75) is 5.79 Å². The highest BCUT2D eigenvalue weighted by Gasteiger charge is 2.14. The fraction of sp³-hybridized carbons (Fsp3) is 0.385. The molecule has 0 spiro atoms. The van der Waals surface area contributed by atoms with Gasteiger partial charge >= 0.3 is 0 Å². The molecular formula is C13H22N2Si. The molecule has 0 saturated heterocycles. The second-order valence-corrected chi connectivity index (χ2v) is 6.52. The second-order valence-electron chi connectivity index (χ2n) is 4.56. The first kappa shape index (κ1) is 13.2. The van der Waals surface area contributed by atoms with E-state index in [0.717, 1.165) is 0 Å². The van der Waals surface area contributed by atoms with Crippen molar-refractivity contribution in [3.8, 4) is 0 Å². The van der Waals surface area contributed by atoms with E-state index in [2.05, 4.69) is 68.8 Å². The van der Waals surface area contributed by atoms with Gasteiger partial charge in [0.25, 0.3) is 0 Å². The van der Waals surface area contributed by atoms with Gasteiger partial charge in [-0.25, -0.2) is 0 Å². The van der Waals surface area contributed by atoms with Crippen molar-refractivity contribution in [2.75, 3.05) is 28.2 Å². The van der Waals surface area contributed by atoms with Crippen LogP contribution in [0.3, 0.4) is 0 Å². The Morgan fingerprint density at radius 2 is 1.81 bits per heavy atom. The zero-order valence-corrected chi connectivity index (χ0v) is 12.2. The molecule has 0 aliphatic rings. The molecule has 88 valence electrons. The van der Waals surface area contributed by atoms with E-state index in [1.807, 2.05) is 6.08 Å². The molecule has 0 aromatic heterocycles. The maximum atomic E-state index is 3.82. The van der Waals surface area contributed by atoms with Crippen LogP contribution in [0.2, 0.25) is 0 Å². The molecule has 1 aromatic rings. The maximum absolute atomic E-state index is 3.82. The predicted molar refractivity (Wildman–Crippen MR) is 75.9 cm³/mol. The molecule has 0 N–H and O–H groups in total. The van der Waals surface area contributed by atoms with Gasteiger partial charge in [0.05, 0.1) is 9.52 Å². The van der Waals surface area contributed by atoms with Crippen molar-refractivity contribution in [1.29, 1.82) is 0 Å². The fourth-order valence-electron chi connectivity index (χ4n) is 1.88. The van der Waals surface area contributed by atoms with E-state index in [9.17, 15) is 0 Å². The van der Waals surface area contributed by atoms with E-state index >= 15 is 0 Å². The molecule has 0 amide bonds. The zero-order chi connectivity index (χ0) is 12.1. The molecule has 3 heteroatoms. The highest BCUT2D eigenvalue weighted by molar-refractivity contribution is 6.54. The van der Waals surface area contributed by atoms with Crippen LogP contribution in [0.15, 0.2) is 30.8 Å². The van der Waals surface area contributed by atoms with Gasteiger partial charge in [0.1, 0.15) is 0 Å². The standard InChI is InChI=1S/C13H22N2Si/c1-6-11-8-7-9-12(10-11)16-13(14(2)3)15(4)5/h6-10,13H,1,16H2,2-5H3. The van der Waals surface area contributed by atoms with Crippen LogP contribution in [0.1, 0.15) is 5.56 Å².